The van der Waals surface area contributed by atoms with E-state index in [1.54, 1.807) is 24.3 Å². The van der Waals surface area contributed by atoms with E-state index >= 15 is 0 Å². The number of amidine groups is 1. The van der Waals surface area contributed by atoms with Crippen LogP contribution in [-0.2, 0) is 9.84 Å². The van der Waals surface area contributed by atoms with Gasteiger partial charge in [-0.1, -0.05) is 30.3 Å². The summed E-state index contributed by atoms with van der Waals surface area (Å²) in [5, 5.41) is 7.35. The SMILES string of the molecule is N=C(N)c1cccc(S(=O)(=O)CCOc2ccccc2)c1. The molecule has 0 spiro atoms. The third kappa shape index (κ3) is 4.06. The highest BCUT2D eigenvalue weighted by atomic mass is 32.2. The first-order valence-electron chi connectivity index (χ1n) is 6.34. The number of sulfone groups is 1. The number of hydrogen-bond acceptors (Lipinski definition) is 4. The van der Waals surface area contributed by atoms with Gasteiger partial charge in [0.2, 0.25) is 0 Å². The Morgan fingerprint density at radius 3 is 2.48 bits per heavy atom. The maximum absolute atomic E-state index is 12.2. The fraction of sp³-hybridized carbons (Fsp3) is 0.133. The molecule has 0 aliphatic rings. The third-order valence-electron chi connectivity index (χ3n) is 2.87. The van der Waals surface area contributed by atoms with Gasteiger partial charge in [0.1, 0.15) is 18.2 Å². The second-order valence-electron chi connectivity index (χ2n) is 4.42. The molecular weight excluding hydrogens is 288 g/mol. The monoisotopic (exact) mass is 304 g/mol. The zero-order valence-electron chi connectivity index (χ0n) is 11.3. The van der Waals surface area contributed by atoms with E-state index in [2.05, 4.69) is 0 Å². The molecule has 5 nitrogen and oxygen atoms in total. The molecule has 0 heterocycles. The molecule has 2 rings (SSSR count). The highest BCUT2D eigenvalue weighted by Gasteiger charge is 2.15. The molecule has 0 aliphatic carbocycles. The van der Waals surface area contributed by atoms with E-state index in [1.807, 2.05) is 18.2 Å². The molecule has 0 aliphatic heterocycles. The Balaban J connectivity index is 2.05. The van der Waals surface area contributed by atoms with Crippen LogP contribution >= 0.6 is 0 Å². The maximum atomic E-state index is 12.2. The predicted molar refractivity (Wildman–Crippen MR) is 81.4 cm³/mol. The van der Waals surface area contributed by atoms with Crippen molar-refractivity contribution in [2.45, 2.75) is 4.90 Å². The minimum atomic E-state index is -3.46. The van der Waals surface area contributed by atoms with Gasteiger partial charge in [-0.3, -0.25) is 5.41 Å². The van der Waals surface area contributed by atoms with Crippen LogP contribution in [0.4, 0.5) is 0 Å². The van der Waals surface area contributed by atoms with Crippen LogP contribution in [0.15, 0.2) is 59.5 Å². The molecule has 2 aromatic carbocycles. The highest BCUT2D eigenvalue weighted by molar-refractivity contribution is 7.91. The molecule has 6 heteroatoms. The Kier molecular flexibility index (Phi) is 4.59. The van der Waals surface area contributed by atoms with Crippen LogP contribution in [0.2, 0.25) is 0 Å². The van der Waals surface area contributed by atoms with Gasteiger partial charge >= 0.3 is 0 Å². The first-order chi connectivity index (χ1) is 9.99. The summed E-state index contributed by atoms with van der Waals surface area (Å²) in [4.78, 5) is 0.145. The summed E-state index contributed by atoms with van der Waals surface area (Å²) in [6.45, 7) is 0.0661. The van der Waals surface area contributed by atoms with Crippen molar-refractivity contribution in [2.24, 2.45) is 5.73 Å². The van der Waals surface area contributed by atoms with Crippen LogP contribution in [0.3, 0.4) is 0 Å². The Morgan fingerprint density at radius 2 is 1.81 bits per heavy atom. The third-order valence-corrected chi connectivity index (χ3v) is 4.54. The molecule has 0 saturated carbocycles. The van der Waals surface area contributed by atoms with Gasteiger partial charge in [0, 0.05) is 5.56 Å². The summed E-state index contributed by atoms with van der Waals surface area (Å²) in [5.41, 5.74) is 5.75. The van der Waals surface area contributed by atoms with E-state index in [0.29, 0.717) is 11.3 Å². The van der Waals surface area contributed by atoms with Crippen LogP contribution in [0.1, 0.15) is 5.56 Å². The largest absolute Gasteiger partial charge is 0.493 e. The van der Waals surface area contributed by atoms with Crippen molar-refractivity contribution in [1.82, 2.24) is 0 Å². The number of nitrogens with two attached hydrogens (primary N) is 1. The molecule has 0 atom stereocenters. The summed E-state index contributed by atoms with van der Waals surface area (Å²) in [7, 11) is -3.46. The minimum Gasteiger partial charge on any atom is -0.493 e. The van der Waals surface area contributed by atoms with E-state index in [9.17, 15) is 8.42 Å². The lowest BCUT2D eigenvalue weighted by Crippen LogP contribution is -2.16. The number of para-hydroxylation sites is 1. The molecule has 0 unspecified atom stereocenters. The normalized spacial score (nSPS) is 11.0. The summed E-state index contributed by atoms with van der Waals surface area (Å²) in [6.07, 6.45) is 0. The zero-order valence-corrected chi connectivity index (χ0v) is 12.1. The smallest absolute Gasteiger partial charge is 0.181 e. The fourth-order valence-corrected chi connectivity index (χ4v) is 2.89. The second kappa shape index (κ2) is 6.41. The van der Waals surface area contributed by atoms with E-state index in [1.165, 1.54) is 12.1 Å². The molecule has 0 saturated heterocycles. The first kappa shape index (κ1) is 15.1. The molecule has 3 N–H and O–H groups in total. The molecule has 2 aromatic rings. The summed E-state index contributed by atoms with van der Waals surface area (Å²) in [5.74, 6) is 0.334. The number of hydrogen-bond donors (Lipinski definition) is 2. The Hall–Kier alpha value is -2.34. The average Bonchev–Trinajstić information content (AvgIpc) is 2.48. The minimum absolute atomic E-state index is 0.0661. The first-order valence-corrected chi connectivity index (χ1v) is 7.99. The Labute approximate surface area is 123 Å². The van der Waals surface area contributed by atoms with Gasteiger partial charge in [0.25, 0.3) is 0 Å². The lowest BCUT2D eigenvalue weighted by Gasteiger charge is -2.08. The number of ether oxygens (including phenoxy) is 1. The van der Waals surface area contributed by atoms with Crippen molar-refractivity contribution < 1.29 is 13.2 Å². The van der Waals surface area contributed by atoms with Crippen LogP contribution in [-0.4, -0.2) is 26.6 Å². The van der Waals surface area contributed by atoms with Crippen LogP contribution in [0.25, 0.3) is 0 Å². The molecule has 21 heavy (non-hydrogen) atoms. The van der Waals surface area contributed by atoms with Gasteiger partial charge in [-0.05, 0) is 24.3 Å². The molecule has 110 valence electrons. The van der Waals surface area contributed by atoms with Crippen molar-refractivity contribution in [3.8, 4) is 5.75 Å². The van der Waals surface area contributed by atoms with Gasteiger partial charge in [-0.2, -0.15) is 0 Å². The van der Waals surface area contributed by atoms with E-state index in [-0.39, 0.29) is 23.1 Å². The number of nitrogen functional groups attached to an aromatic ring is 1. The predicted octanol–water partition coefficient (Wildman–Crippen LogP) is 1.82. The van der Waals surface area contributed by atoms with Crippen molar-refractivity contribution in [3.05, 3.63) is 60.2 Å². The average molecular weight is 304 g/mol. The molecule has 0 radical (unpaired) electrons. The Morgan fingerprint density at radius 1 is 1.10 bits per heavy atom. The zero-order chi connectivity index (χ0) is 15.3. The summed E-state index contributed by atoms with van der Waals surface area (Å²) >= 11 is 0. The molecule has 0 amide bonds. The van der Waals surface area contributed by atoms with E-state index in [4.69, 9.17) is 15.9 Å². The van der Waals surface area contributed by atoms with Gasteiger partial charge in [0.05, 0.1) is 10.6 Å². The van der Waals surface area contributed by atoms with Gasteiger partial charge in [-0.25, -0.2) is 8.42 Å². The van der Waals surface area contributed by atoms with Crippen molar-refractivity contribution in [2.75, 3.05) is 12.4 Å². The van der Waals surface area contributed by atoms with Crippen LogP contribution < -0.4 is 10.5 Å². The molecule has 0 aromatic heterocycles. The number of nitrogens with one attached hydrogen (secondary N) is 1. The van der Waals surface area contributed by atoms with Gasteiger partial charge in [-0.15, -0.1) is 0 Å². The lowest BCUT2D eigenvalue weighted by molar-refractivity contribution is 0.341. The Bertz CT molecular complexity index is 728. The topological polar surface area (TPSA) is 93.2 Å². The lowest BCUT2D eigenvalue weighted by atomic mass is 10.2. The van der Waals surface area contributed by atoms with Gasteiger partial charge < -0.3 is 10.5 Å². The van der Waals surface area contributed by atoms with E-state index in [0.717, 1.165) is 0 Å². The standard InChI is InChI=1S/C15H16N2O3S/c16-15(17)12-5-4-8-14(11-12)21(18,19)10-9-20-13-6-2-1-3-7-13/h1-8,11H,9-10H2,(H3,16,17). The molecule has 0 fully saturated rings. The summed E-state index contributed by atoms with van der Waals surface area (Å²) < 4.78 is 29.8. The van der Waals surface area contributed by atoms with E-state index < -0.39 is 9.84 Å². The quantitative estimate of drug-likeness (QED) is 0.629. The van der Waals surface area contributed by atoms with Crippen LogP contribution in [0.5, 0.6) is 5.75 Å². The van der Waals surface area contributed by atoms with Crippen molar-refractivity contribution in [1.29, 1.82) is 5.41 Å². The number of rotatable bonds is 6. The highest BCUT2D eigenvalue weighted by Crippen LogP contribution is 2.14. The summed E-state index contributed by atoms with van der Waals surface area (Å²) in [6, 6.07) is 15.1. The number of benzene rings is 2. The van der Waals surface area contributed by atoms with Gasteiger partial charge in [0.15, 0.2) is 9.84 Å². The van der Waals surface area contributed by atoms with Crippen LogP contribution in [0, 0.1) is 5.41 Å². The fourth-order valence-electron chi connectivity index (χ4n) is 1.76. The molecular formula is C15H16N2O3S. The van der Waals surface area contributed by atoms with Crippen molar-refractivity contribution in [3.63, 3.8) is 0 Å². The molecule has 0 bridgehead atoms. The maximum Gasteiger partial charge on any atom is 0.181 e. The second-order valence-corrected chi connectivity index (χ2v) is 6.53. The van der Waals surface area contributed by atoms with Crippen molar-refractivity contribution >= 4 is 15.7 Å².